The third-order valence-electron chi connectivity index (χ3n) is 2.99. The number of hydrogen-bond donors (Lipinski definition) is 0. The summed E-state index contributed by atoms with van der Waals surface area (Å²) in [6, 6.07) is 19.1. The highest BCUT2D eigenvalue weighted by Crippen LogP contribution is 2.24. The average Bonchev–Trinajstić information content (AvgIpc) is 2.94. The topological polar surface area (TPSA) is 34.9 Å². The zero-order valence-electron chi connectivity index (χ0n) is 10.5. The Morgan fingerprint density at radius 2 is 1.55 bits per heavy atom. The number of para-hydroxylation sites is 1. The molecule has 0 aliphatic rings. The smallest absolute Gasteiger partial charge is 0.256 e. The van der Waals surface area contributed by atoms with Gasteiger partial charge < -0.3 is 0 Å². The summed E-state index contributed by atoms with van der Waals surface area (Å²) in [5.41, 5.74) is 2.75. The van der Waals surface area contributed by atoms with E-state index in [0.29, 0.717) is 11.3 Å². The van der Waals surface area contributed by atoms with Crippen LogP contribution in [0.25, 0.3) is 16.9 Å². The van der Waals surface area contributed by atoms with Crippen molar-refractivity contribution in [3.05, 3.63) is 72.4 Å². The van der Waals surface area contributed by atoms with Gasteiger partial charge in [-0.2, -0.15) is 5.10 Å². The van der Waals surface area contributed by atoms with Gasteiger partial charge in [0.1, 0.15) is 5.69 Å². The summed E-state index contributed by atoms with van der Waals surface area (Å²) in [6.45, 7) is 0. The van der Waals surface area contributed by atoms with Gasteiger partial charge in [0, 0.05) is 11.8 Å². The van der Waals surface area contributed by atoms with Crippen molar-refractivity contribution < 1.29 is 4.79 Å². The van der Waals surface area contributed by atoms with Crippen molar-refractivity contribution in [2.45, 2.75) is 0 Å². The zero-order chi connectivity index (χ0) is 13.9. The Balaban J connectivity index is 2.15. The van der Waals surface area contributed by atoms with Gasteiger partial charge in [0.05, 0.1) is 11.3 Å². The predicted molar refractivity (Wildman–Crippen MR) is 79.2 cm³/mol. The van der Waals surface area contributed by atoms with Crippen molar-refractivity contribution >= 4 is 16.8 Å². The molecule has 98 valence electrons. The van der Waals surface area contributed by atoms with Gasteiger partial charge in [0.25, 0.3) is 5.24 Å². The molecule has 0 aliphatic carbocycles. The maximum Gasteiger partial charge on any atom is 0.256 e. The van der Waals surface area contributed by atoms with E-state index < -0.39 is 5.24 Å². The van der Waals surface area contributed by atoms with Crippen LogP contribution in [0.3, 0.4) is 0 Å². The number of carbonyl (C=O) groups is 1. The molecule has 1 aromatic heterocycles. The second kappa shape index (κ2) is 5.31. The second-order valence-corrected chi connectivity index (χ2v) is 4.65. The van der Waals surface area contributed by atoms with E-state index in [-0.39, 0.29) is 0 Å². The summed E-state index contributed by atoms with van der Waals surface area (Å²) in [7, 11) is 0. The molecule has 3 rings (SSSR count). The van der Waals surface area contributed by atoms with Crippen LogP contribution in [0, 0.1) is 0 Å². The first kappa shape index (κ1) is 12.6. The highest BCUT2D eigenvalue weighted by Gasteiger charge is 2.16. The Bertz CT molecular complexity index is 736. The summed E-state index contributed by atoms with van der Waals surface area (Å²) in [4.78, 5) is 11.6. The highest BCUT2D eigenvalue weighted by atomic mass is 35.5. The normalized spacial score (nSPS) is 10.4. The Labute approximate surface area is 121 Å². The number of halogens is 1. The van der Waals surface area contributed by atoms with Crippen LogP contribution in [-0.2, 0) is 0 Å². The van der Waals surface area contributed by atoms with E-state index in [0.717, 1.165) is 11.3 Å². The Hall–Kier alpha value is -2.39. The fourth-order valence-corrected chi connectivity index (χ4v) is 2.18. The molecule has 3 aromatic rings. The summed E-state index contributed by atoms with van der Waals surface area (Å²) in [6.07, 6.45) is 1.66. The molecule has 0 spiro atoms. The number of rotatable bonds is 3. The SMILES string of the molecule is O=C(Cl)c1cn(-c2ccccc2)nc1-c1ccccc1. The lowest BCUT2D eigenvalue weighted by molar-refractivity contribution is 0.108. The van der Waals surface area contributed by atoms with Gasteiger partial charge in [-0.1, -0.05) is 48.5 Å². The van der Waals surface area contributed by atoms with Crippen molar-refractivity contribution in [1.29, 1.82) is 0 Å². The van der Waals surface area contributed by atoms with Crippen molar-refractivity contribution in [2.24, 2.45) is 0 Å². The van der Waals surface area contributed by atoms with Gasteiger partial charge in [-0.25, -0.2) is 4.68 Å². The number of carbonyl (C=O) groups excluding carboxylic acids is 1. The van der Waals surface area contributed by atoms with Gasteiger partial charge in [0.2, 0.25) is 0 Å². The molecule has 0 aliphatic heterocycles. The summed E-state index contributed by atoms with van der Waals surface area (Å²) in [5, 5.41) is 3.98. The summed E-state index contributed by atoms with van der Waals surface area (Å²) < 4.78 is 1.66. The molecule has 1 heterocycles. The van der Waals surface area contributed by atoms with Crippen molar-refractivity contribution in [3.8, 4) is 16.9 Å². The van der Waals surface area contributed by atoms with E-state index in [1.165, 1.54) is 0 Å². The number of aromatic nitrogens is 2. The fourth-order valence-electron chi connectivity index (χ4n) is 2.04. The predicted octanol–water partition coefficient (Wildman–Crippen LogP) is 3.92. The standard InChI is InChI=1S/C16H11ClN2O/c17-16(20)14-11-19(13-9-5-2-6-10-13)18-15(14)12-7-3-1-4-8-12/h1-11H. The minimum atomic E-state index is -0.508. The Morgan fingerprint density at radius 1 is 0.950 bits per heavy atom. The number of benzene rings is 2. The highest BCUT2D eigenvalue weighted by molar-refractivity contribution is 6.68. The van der Waals surface area contributed by atoms with E-state index >= 15 is 0 Å². The number of nitrogens with zero attached hydrogens (tertiary/aromatic N) is 2. The van der Waals surface area contributed by atoms with Crippen LogP contribution in [0.2, 0.25) is 0 Å². The Morgan fingerprint density at radius 3 is 2.15 bits per heavy atom. The van der Waals surface area contributed by atoms with Crippen LogP contribution in [0.15, 0.2) is 66.9 Å². The molecular weight excluding hydrogens is 272 g/mol. The third kappa shape index (κ3) is 2.36. The summed E-state index contributed by atoms with van der Waals surface area (Å²) >= 11 is 5.67. The van der Waals surface area contributed by atoms with Crippen LogP contribution in [0.1, 0.15) is 10.4 Å². The zero-order valence-corrected chi connectivity index (χ0v) is 11.3. The quantitative estimate of drug-likeness (QED) is 0.683. The van der Waals surface area contributed by atoms with E-state index in [2.05, 4.69) is 5.10 Å². The first-order chi connectivity index (χ1) is 9.75. The molecular formula is C16H11ClN2O. The minimum Gasteiger partial charge on any atom is -0.275 e. The third-order valence-corrected chi connectivity index (χ3v) is 3.20. The Kier molecular flexibility index (Phi) is 3.35. The van der Waals surface area contributed by atoms with Crippen LogP contribution >= 0.6 is 11.6 Å². The molecule has 0 saturated carbocycles. The van der Waals surface area contributed by atoms with Gasteiger partial charge in [-0.05, 0) is 23.7 Å². The monoisotopic (exact) mass is 282 g/mol. The van der Waals surface area contributed by atoms with Crippen molar-refractivity contribution in [1.82, 2.24) is 9.78 Å². The van der Waals surface area contributed by atoms with Crippen molar-refractivity contribution in [2.75, 3.05) is 0 Å². The first-order valence-electron chi connectivity index (χ1n) is 6.16. The maximum atomic E-state index is 11.6. The molecule has 0 saturated heterocycles. The van der Waals surface area contributed by atoms with Crippen LogP contribution in [0.5, 0.6) is 0 Å². The van der Waals surface area contributed by atoms with Crippen LogP contribution in [0.4, 0.5) is 0 Å². The summed E-state index contributed by atoms with van der Waals surface area (Å²) in [5.74, 6) is 0. The van der Waals surface area contributed by atoms with Gasteiger partial charge in [-0.15, -0.1) is 0 Å². The molecule has 0 N–H and O–H groups in total. The number of hydrogen-bond acceptors (Lipinski definition) is 2. The van der Waals surface area contributed by atoms with Gasteiger partial charge in [-0.3, -0.25) is 4.79 Å². The first-order valence-corrected chi connectivity index (χ1v) is 6.54. The molecule has 0 unspecified atom stereocenters. The lowest BCUT2D eigenvalue weighted by Gasteiger charge is -2.00. The van der Waals surface area contributed by atoms with E-state index in [1.54, 1.807) is 10.9 Å². The van der Waals surface area contributed by atoms with Gasteiger partial charge in [0.15, 0.2) is 0 Å². The molecule has 0 fully saturated rings. The molecule has 0 radical (unpaired) electrons. The second-order valence-electron chi connectivity index (χ2n) is 4.31. The molecule has 20 heavy (non-hydrogen) atoms. The molecule has 0 amide bonds. The van der Waals surface area contributed by atoms with E-state index in [4.69, 9.17) is 11.6 Å². The molecule has 3 nitrogen and oxygen atoms in total. The average molecular weight is 283 g/mol. The maximum absolute atomic E-state index is 11.6. The van der Waals surface area contributed by atoms with Crippen molar-refractivity contribution in [3.63, 3.8) is 0 Å². The molecule has 2 aromatic carbocycles. The minimum absolute atomic E-state index is 0.404. The van der Waals surface area contributed by atoms with E-state index in [1.807, 2.05) is 60.7 Å². The lowest BCUT2D eigenvalue weighted by Crippen LogP contribution is -1.93. The van der Waals surface area contributed by atoms with E-state index in [9.17, 15) is 4.79 Å². The fraction of sp³-hybridized carbons (Fsp3) is 0. The molecule has 0 atom stereocenters. The molecule has 4 heteroatoms. The molecule has 0 bridgehead atoms. The van der Waals surface area contributed by atoms with Crippen LogP contribution < -0.4 is 0 Å². The largest absolute Gasteiger partial charge is 0.275 e. The van der Waals surface area contributed by atoms with Gasteiger partial charge >= 0.3 is 0 Å². The van der Waals surface area contributed by atoms with Crippen LogP contribution in [-0.4, -0.2) is 15.0 Å². The lowest BCUT2D eigenvalue weighted by atomic mass is 10.1.